The number of nitrogens with one attached hydrogen (secondary N) is 1. The van der Waals surface area contributed by atoms with E-state index in [1.807, 2.05) is 0 Å². The monoisotopic (exact) mass is 210 g/mol. The maximum absolute atomic E-state index is 11.7. The third-order valence-electron chi connectivity index (χ3n) is 1.19. The zero-order chi connectivity index (χ0) is 9.90. The van der Waals surface area contributed by atoms with Gasteiger partial charge in [0.1, 0.15) is 12.4 Å². The van der Waals surface area contributed by atoms with E-state index in [4.69, 9.17) is 11.6 Å². The van der Waals surface area contributed by atoms with Gasteiger partial charge in [0.2, 0.25) is 0 Å². The van der Waals surface area contributed by atoms with Crippen LogP contribution >= 0.6 is 11.6 Å². The van der Waals surface area contributed by atoms with Gasteiger partial charge in [-0.1, -0.05) is 11.6 Å². The molecule has 1 N–H and O–H groups in total. The molecule has 0 saturated heterocycles. The Kier molecular flexibility index (Phi) is 2.98. The minimum absolute atomic E-state index is 0.116. The van der Waals surface area contributed by atoms with Crippen molar-refractivity contribution in [2.75, 3.05) is 11.9 Å². The number of halogens is 4. The fourth-order valence-corrected chi connectivity index (χ4v) is 0.852. The third kappa shape index (κ3) is 3.98. The largest absolute Gasteiger partial charge is 0.405 e. The van der Waals surface area contributed by atoms with E-state index in [1.165, 1.54) is 18.3 Å². The SMILES string of the molecule is FC(F)(F)CNc1cc(Cl)ccn1. The van der Waals surface area contributed by atoms with E-state index in [-0.39, 0.29) is 5.82 Å². The van der Waals surface area contributed by atoms with Crippen molar-refractivity contribution in [2.45, 2.75) is 6.18 Å². The quantitative estimate of drug-likeness (QED) is 0.812. The molecule has 0 aromatic carbocycles. The molecule has 1 aromatic rings. The highest BCUT2D eigenvalue weighted by Gasteiger charge is 2.26. The molecule has 2 nitrogen and oxygen atoms in total. The van der Waals surface area contributed by atoms with Gasteiger partial charge in [0.25, 0.3) is 0 Å². The van der Waals surface area contributed by atoms with Gasteiger partial charge in [0, 0.05) is 11.2 Å². The van der Waals surface area contributed by atoms with Gasteiger partial charge >= 0.3 is 6.18 Å². The first-order chi connectivity index (χ1) is 5.97. The van der Waals surface area contributed by atoms with Crippen molar-refractivity contribution in [3.05, 3.63) is 23.4 Å². The summed E-state index contributed by atoms with van der Waals surface area (Å²) in [5.41, 5.74) is 0. The Labute approximate surface area is 77.7 Å². The first-order valence-corrected chi connectivity index (χ1v) is 3.77. The Morgan fingerprint density at radius 2 is 2.15 bits per heavy atom. The molecule has 0 aliphatic rings. The average Bonchev–Trinajstić information content (AvgIpc) is 2.00. The Morgan fingerprint density at radius 3 is 2.69 bits per heavy atom. The van der Waals surface area contributed by atoms with Gasteiger partial charge in [-0.3, -0.25) is 0 Å². The molecule has 0 fully saturated rings. The zero-order valence-corrected chi connectivity index (χ0v) is 7.15. The number of rotatable bonds is 2. The van der Waals surface area contributed by atoms with Crippen LogP contribution in [0.25, 0.3) is 0 Å². The molecule has 0 radical (unpaired) electrons. The van der Waals surface area contributed by atoms with E-state index in [0.717, 1.165) is 0 Å². The summed E-state index contributed by atoms with van der Waals surface area (Å²) in [7, 11) is 0. The van der Waals surface area contributed by atoms with Gasteiger partial charge in [-0.15, -0.1) is 0 Å². The van der Waals surface area contributed by atoms with E-state index >= 15 is 0 Å². The van der Waals surface area contributed by atoms with Crippen LogP contribution in [0.15, 0.2) is 18.3 Å². The Bertz CT molecular complexity index is 287. The number of pyridine rings is 1. The molecule has 0 saturated carbocycles. The van der Waals surface area contributed by atoms with Gasteiger partial charge in [-0.25, -0.2) is 4.98 Å². The summed E-state index contributed by atoms with van der Waals surface area (Å²) in [6.07, 6.45) is -2.91. The second-order valence-corrected chi connectivity index (χ2v) is 2.76. The smallest absolute Gasteiger partial charge is 0.361 e. The summed E-state index contributed by atoms with van der Waals surface area (Å²) in [4.78, 5) is 3.65. The molecule has 0 aliphatic heterocycles. The standard InChI is InChI=1S/C7H6ClF3N2/c8-5-1-2-12-6(3-5)13-4-7(9,10)11/h1-3H,4H2,(H,12,13). The number of nitrogens with zero attached hydrogens (tertiary/aromatic N) is 1. The lowest BCUT2D eigenvalue weighted by atomic mass is 10.4. The molecule has 0 spiro atoms. The lowest BCUT2D eigenvalue weighted by Crippen LogP contribution is -2.21. The molecule has 13 heavy (non-hydrogen) atoms. The maximum Gasteiger partial charge on any atom is 0.405 e. The lowest BCUT2D eigenvalue weighted by molar-refractivity contribution is -0.115. The Morgan fingerprint density at radius 1 is 1.46 bits per heavy atom. The predicted molar refractivity (Wildman–Crippen MR) is 43.8 cm³/mol. The van der Waals surface area contributed by atoms with Crippen molar-refractivity contribution >= 4 is 17.4 Å². The second kappa shape index (κ2) is 3.83. The van der Waals surface area contributed by atoms with Crippen molar-refractivity contribution < 1.29 is 13.2 Å². The molecular formula is C7H6ClF3N2. The van der Waals surface area contributed by atoms with Gasteiger partial charge in [-0.2, -0.15) is 13.2 Å². The van der Waals surface area contributed by atoms with Crippen LogP contribution in [0.4, 0.5) is 19.0 Å². The molecule has 1 rings (SSSR count). The number of hydrogen-bond acceptors (Lipinski definition) is 2. The molecule has 6 heteroatoms. The summed E-state index contributed by atoms with van der Waals surface area (Å²) in [6.45, 7) is -1.11. The minimum atomic E-state index is -4.25. The van der Waals surface area contributed by atoms with Crippen LogP contribution in [0.5, 0.6) is 0 Å². The molecule has 0 aliphatic carbocycles. The highest BCUT2D eigenvalue weighted by atomic mass is 35.5. The normalized spacial score (nSPS) is 11.4. The van der Waals surface area contributed by atoms with Gasteiger partial charge in [-0.05, 0) is 12.1 Å². The van der Waals surface area contributed by atoms with Crippen LogP contribution in [0, 0.1) is 0 Å². The van der Waals surface area contributed by atoms with Crippen molar-refractivity contribution in [3.8, 4) is 0 Å². The predicted octanol–water partition coefficient (Wildman–Crippen LogP) is 2.71. The molecular weight excluding hydrogens is 205 g/mol. The van der Waals surface area contributed by atoms with Crippen molar-refractivity contribution in [1.82, 2.24) is 4.98 Å². The number of hydrogen-bond donors (Lipinski definition) is 1. The van der Waals surface area contributed by atoms with E-state index < -0.39 is 12.7 Å². The highest BCUT2D eigenvalue weighted by Crippen LogP contribution is 2.17. The molecule has 1 heterocycles. The summed E-state index contributed by atoms with van der Waals surface area (Å²) >= 11 is 5.53. The van der Waals surface area contributed by atoms with E-state index in [2.05, 4.69) is 10.3 Å². The molecule has 0 bridgehead atoms. The van der Waals surface area contributed by atoms with Gasteiger partial charge in [0.15, 0.2) is 0 Å². The maximum atomic E-state index is 11.7. The number of anilines is 1. The molecule has 0 unspecified atom stereocenters. The summed E-state index contributed by atoms with van der Waals surface area (Å²) in [5.74, 6) is 0.116. The Hall–Kier alpha value is -0.970. The third-order valence-corrected chi connectivity index (χ3v) is 1.43. The molecule has 0 amide bonds. The zero-order valence-electron chi connectivity index (χ0n) is 6.40. The van der Waals surface area contributed by atoms with Crippen LogP contribution < -0.4 is 5.32 Å². The van der Waals surface area contributed by atoms with Crippen LogP contribution in [-0.2, 0) is 0 Å². The summed E-state index contributed by atoms with van der Waals surface area (Å²) < 4.78 is 35.2. The van der Waals surface area contributed by atoms with Crippen LogP contribution in [0.3, 0.4) is 0 Å². The van der Waals surface area contributed by atoms with Crippen LogP contribution in [-0.4, -0.2) is 17.7 Å². The highest BCUT2D eigenvalue weighted by molar-refractivity contribution is 6.30. The first kappa shape index (κ1) is 10.1. The van der Waals surface area contributed by atoms with Crippen molar-refractivity contribution in [3.63, 3.8) is 0 Å². The number of aromatic nitrogens is 1. The van der Waals surface area contributed by atoms with Gasteiger partial charge in [0.05, 0.1) is 0 Å². The lowest BCUT2D eigenvalue weighted by Gasteiger charge is -2.08. The fourth-order valence-electron chi connectivity index (χ4n) is 0.692. The molecule has 72 valence electrons. The minimum Gasteiger partial charge on any atom is -0.361 e. The van der Waals surface area contributed by atoms with Crippen LogP contribution in [0.1, 0.15) is 0 Å². The first-order valence-electron chi connectivity index (χ1n) is 3.39. The van der Waals surface area contributed by atoms with Crippen molar-refractivity contribution in [2.24, 2.45) is 0 Å². The Balaban J connectivity index is 2.55. The summed E-state index contributed by atoms with van der Waals surface area (Å²) in [5, 5.41) is 2.45. The van der Waals surface area contributed by atoms with E-state index in [1.54, 1.807) is 0 Å². The van der Waals surface area contributed by atoms with Gasteiger partial charge < -0.3 is 5.32 Å². The van der Waals surface area contributed by atoms with Crippen molar-refractivity contribution in [1.29, 1.82) is 0 Å². The summed E-state index contributed by atoms with van der Waals surface area (Å²) in [6, 6.07) is 2.81. The fraction of sp³-hybridized carbons (Fsp3) is 0.286. The van der Waals surface area contributed by atoms with Crippen LogP contribution in [0.2, 0.25) is 5.02 Å². The van der Waals surface area contributed by atoms with E-state index in [0.29, 0.717) is 5.02 Å². The van der Waals surface area contributed by atoms with E-state index in [9.17, 15) is 13.2 Å². The second-order valence-electron chi connectivity index (χ2n) is 2.33. The molecule has 1 aromatic heterocycles. The molecule has 0 atom stereocenters. The topological polar surface area (TPSA) is 24.9 Å². The number of alkyl halides is 3. The average molecular weight is 211 g/mol.